The molecule has 0 bridgehead atoms. The van der Waals surface area contributed by atoms with Gasteiger partial charge >= 0.3 is 0 Å². The first-order valence-corrected chi connectivity index (χ1v) is 7.76. The molecule has 0 saturated carbocycles. The number of carbonyl (C=O) groups is 1. The molecule has 114 valence electrons. The molecule has 0 spiro atoms. The van der Waals surface area contributed by atoms with Crippen molar-refractivity contribution in [2.24, 2.45) is 5.73 Å². The number of para-hydroxylation sites is 1. The van der Waals surface area contributed by atoms with E-state index in [4.69, 9.17) is 10.5 Å². The lowest BCUT2D eigenvalue weighted by atomic mass is 10.2. The molecule has 0 radical (unpaired) electrons. The van der Waals surface area contributed by atoms with Crippen LogP contribution < -0.4 is 15.8 Å². The van der Waals surface area contributed by atoms with Crippen molar-refractivity contribution in [1.29, 1.82) is 0 Å². The van der Waals surface area contributed by atoms with Gasteiger partial charge in [0.25, 0.3) is 0 Å². The summed E-state index contributed by atoms with van der Waals surface area (Å²) >= 11 is 1.69. The van der Waals surface area contributed by atoms with Crippen LogP contribution in [0.5, 0.6) is 5.75 Å². The van der Waals surface area contributed by atoms with E-state index in [9.17, 15) is 4.79 Å². The van der Waals surface area contributed by atoms with Gasteiger partial charge in [-0.3, -0.25) is 4.79 Å². The van der Waals surface area contributed by atoms with E-state index in [0.29, 0.717) is 13.0 Å². The van der Waals surface area contributed by atoms with Crippen LogP contribution in [0.1, 0.15) is 13.3 Å². The summed E-state index contributed by atoms with van der Waals surface area (Å²) in [4.78, 5) is 11.7. The van der Waals surface area contributed by atoms with Crippen molar-refractivity contribution in [1.82, 2.24) is 5.32 Å². The van der Waals surface area contributed by atoms with Crippen LogP contribution in [0.25, 0.3) is 0 Å². The smallest absolute Gasteiger partial charge is 0.237 e. The summed E-state index contributed by atoms with van der Waals surface area (Å²) in [5.74, 6) is 1.58. The molecule has 1 rings (SSSR count). The van der Waals surface area contributed by atoms with Crippen LogP contribution >= 0.6 is 24.2 Å². The van der Waals surface area contributed by atoms with Gasteiger partial charge in [-0.2, -0.15) is 11.8 Å². The van der Waals surface area contributed by atoms with Crippen molar-refractivity contribution in [2.45, 2.75) is 25.5 Å². The molecule has 0 fully saturated rings. The first-order valence-electron chi connectivity index (χ1n) is 6.37. The fourth-order valence-electron chi connectivity index (χ4n) is 1.52. The first-order chi connectivity index (χ1) is 9.13. The second kappa shape index (κ2) is 10.8. The Hall–Kier alpha value is -0.910. The molecule has 6 heteroatoms. The lowest BCUT2D eigenvalue weighted by Gasteiger charge is -2.17. The summed E-state index contributed by atoms with van der Waals surface area (Å²) in [6, 6.07) is 9.11. The Morgan fingerprint density at radius 1 is 1.40 bits per heavy atom. The molecule has 1 unspecified atom stereocenters. The van der Waals surface area contributed by atoms with Gasteiger partial charge in [0.05, 0.1) is 12.6 Å². The van der Waals surface area contributed by atoms with E-state index in [0.717, 1.165) is 11.5 Å². The van der Waals surface area contributed by atoms with Crippen molar-refractivity contribution in [3.05, 3.63) is 30.3 Å². The number of nitrogens with two attached hydrogens (primary N) is 1. The number of rotatable bonds is 8. The Morgan fingerprint density at radius 2 is 2.05 bits per heavy atom. The zero-order chi connectivity index (χ0) is 14.1. The number of halogens is 1. The van der Waals surface area contributed by atoms with E-state index in [1.165, 1.54) is 0 Å². The highest BCUT2D eigenvalue weighted by atomic mass is 35.5. The predicted octanol–water partition coefficient (Wildman–Crippen LogP) is 2.07. The summed E-state index contributed by atoms with van der Waals surface area (Å²) in [5, 5.41) is 2.81. The van der Waals surface area contributed by atoms with Crippen LogP contribution in [0, 0.1) is 0 Å². The number of nitrogens with one attached hydrogen (secondary N) is 1. The fourth-order valence-corrected chi connectivity index (χ4v) is 2.01. The maximum Gasteiger partial charge on any atom is 0.237 e. The van der Waals surface area contributed by atoms with Crippen LogP contribution in [0.2, 0.25) is 0 Å². The van der Waals surface area contributed by atoms with E-state index in [2.05, 4.69) is 5.32 Å². The van der Waals surface area contributed by atoms with E-state index in [1.807, 2.05) is 43.5 Å². The average Bonchev–Trinajstić information content (AvgIpc) is 2.43. The summed E-state index contributed by atoms with van der Waals surface area (Å²) in [6.07, 6.45) is 2.61. The monoisotopic (exact) mass is 318 g/mol. The number of ether oxygens (including phenoxy) is 1. The Morgan fingerprint density at radius 3 is 2.65 bits per heavy atom. The quantitative estimate of drug-likeness (QED) is 0.770. The molecule has 0 aliphatic rings. The van der Waals surface area contributed by atoms with Gasteiger partial charge in [0.2, 0.25) is 5.91 Å². The molecule has 0 heterocycles. The third-order valence-electron chi connectivity index (χ3n) is 2.61. The molecule has 0 aliphatic heterocycles. The van der Waals surface area contributed by atoms with Crippen LogP contribution in [-0.2, 0) is 4.79 Å². The highest BCUT2D eigenvalue weighted by Crippen LogP contribution is 2.10. The van der Waals surface area contributed by atoms with Crippen LogP contribution in [0.3, 0.4) is 0 Å². The molecular weight excluding hydrogens is 296 g/mol. The van der Waals surface area contributed by atoms with Crippen LogP contribution in [0.15, 0.2) is 30.3 Å². The lowest BCUT2D eigenvalue weighted by Crippen LogP contribution is -2.44. The number of benzene rings is 1. The maximum atomic E-state index is 11.7. The van der Waals surface area contributed by atoms with E-state index in [1.54, 1.807) is 11.8 Å². The number of hydrogen-bond acceptors (Lipinski definition) is 4. The molecule has 1 aromatic carbocycles. The van der Waals surface area contributed by atoms with E-state index < -0.39 is 6.04 Å². The molecule has 20 heavy (non-hydrogen) atoms. The second-order valence-corrected chi connectivity index (χ2v) is 5.36. The maximum absolute atomic E-state index is 11.7. The highest BCUT2D eigenvalue weighted by Gasteiger charge is 2.13. The minimum atomic E-state index is -0.434. The SMILES string of the molecule is CSCC[C@H](N)C(=O)NCC(C)Oc1ccccc1.Cl. The zero-order valence-electron chi connectivity index (χ0n) is 11.9. The first kappa shape index (κ1) is 19.1. The second-order valence-electron chi connectivity index (χ2n) is 4.37. The molecule has 3 N–H and O–H groups in total. The Balaban J connectivity index is 0.00000361. The fraction of sp³-hybridized carbons (Fsp3) is 0.500. The van der Waals surface area contributed by atoms with Gasteiger partial charge in [0.1, 0.15) is 11.9 Å². The predicted molar refractivity (Wildman–Crippen MR) is 87.8 cm³/mol. The largest absolute Gasteiger partial charge is 0.489 e. The minimum absolute atomic E-state index is 0. The summed E-state index contributed by atoms with van der Waals surface area (Å²) in [6.45, 7) is 2.38. The van der Waals surface area contributed by atoms with Crippen LogP contribution in [0.4, 0.5) is 0 Å². The number of amides is 1. The number of carbonyl (C=O) groups excluding carboxylic acids is 1. The summed E-state index contributed by atoms with van der Waals surface area (Å²) in [7, 11) is 0. The Kier molecular flexibility index (Phi) is 10.3. The van der Waals surface area contributed by atoms with E-state index in [-0.39, 0.29) is 24.4 Å². The van der Waals surface area contributed by atoms with Crippen molar-refractivity contribution in [2.75, 3.05) is 18.6 Å². The molecular formula is C14H23ClN2O2S. The van der Waals surface area contributed by atoms with Crippen molar-refractivity contribution >= 4 is 30.1 Å². The van der Waals surface area contributed by atoms with Gasteiger partial charge in [0.15, 0.2) is 0 Å². The van der Waals surface area contributed by atoms with Gasteiger partial charge in [-0.1, -0.05) is 18.2 Å². The molecule has 0 saturated heterocycles. The van der Waals surface area contributed by atoms with Gasteiger partial charge in [0, 0.05) is 0 Å². The highest BCUT2D eigenvalue weighted by molar-refractivity contribution is 7.98. The van der Waals surface area contributed by atoms with Crippen molar-refractivity contribution < 1.29 is 9.53 Å². The van der Waals surface area contributed by atoms with Gasteiger partial charge < -0.3 is 15.8 Å². The minimum Gasteiger partial charge on any atom is -0.489 e. The summed E-state index contributed by atoms with van der Waals surface area (Å²) in [5.41, 5.74) is 5.78. The Labute approximate surface area is 131 Å². The molecule has 4 nitrogen and oxygen atoms in total. The van der Waals surface area contributed by atoms with Gasteiger partial charge in [-0.25, -0.2) is 0 Å². The molecule has 0 aromatic heterocycles. The Bertz CT molecular complexity index is 379. The van der Waals surface area contributed by atoms with Crippen molar-refractivity contribution in [3.63, 3.8) is 0 Å². The standard InChI is InChI=1S/C14H22N2O2S.ClH/c1-11(18-12-6-4-3-5-7-12)10-16-14(17)13(15)8-9-19-2;/h3-7,11,13H,8-10,15H2,1-2H3,(H,16,17);1H/t11?,13-;/m0./s1. The topological polar surface area (TPSA) is 64.4 Å². The third-order valence-corrected chi connectivity index (χ3v) is 3.26. The number of thioether (sulfide) groups is 1. The van der Waals surface area contributed by atoms with E-state index >= 15 is 0 Å². The van der Waals surface area contributed by atoms with Crippen LogP contribution in [-0.4, -0.2) is 36.6 Å². The van der Waals surface area contributed by atoms with Crippen molar-refractivity contribution in [3.8, 4) is 5.75 Å². The van der Waals surface area contributed by atoms with Gasteiger partial charge in [-0.05, 0) is 37.5 Å². The lowest BCUT2D eigenvalue weighted by molar-refractivity contribution is -0.122. The third kappa shape index (κ3) is 7.62. The molecule has 2 atom stereocenters. The number of hydrogen-bond donors (Lipinski definition) is 2. The van der Waals surface area contributed by atoms with Gasteiger partial charge in [-0.15, -0.1) is 12.4 Å². The average molecular weight is 319 g/mol. The normalized spacial score (nSPS) is 12.9. The zero-order valence-corrected chi connectivity index (χ0v) is 13.5. The summed E-state index contributed by atoms with van der Waals surface area (Å²) < 4.78 is 5.67. The molecule has 0 aliphatic carbocycles. The molecule has 1 aromatic rings. The molecule has 1 amide bonds.